The van der Waals surface area contributed by atoms with Gasteiger partial charge in [-0.15, -0.1) is 0 Å². The van der Waals surface area contributed by atoms with Crippen LogP contribution in [-0.4, -0.2) is 15.0 Å². The Morgan fingerprint density at radius 2 is 2.00 bits per heavy atom. The van der Waals surface area contributed by atoms with Gasteiger partial charge in [-0.2, -0.15) is 0 Å². The Labute approximate surface area is 92.2 Å². The molecule has 6 heteroatoms. The number of pyridine rings is 1. The predicted molar refractivity (Wildman–Crippen MR) is 55.1 cm³/mol. The van der Waals surface area contributed by atoms with Crippen molar-refractivity contribution in [3.05, 3.63) is 27.3 Å². The van der Waals surface area contributed by atoms with Crippen LogP contribution in [0.15, 0.2) is 16.9 Å². The standard InChI is InChI=1S/C7H2BrCl2N3/c8-5-1-3-4(2-11-5)12-7(10)13-6(3)9/h1-2H. The van der Waals surface area contributed by atoms with E-state index in [1.54, 1.807) is 12.3 Å². The van der Waals surface area contributed by atoms with E-state index in [1.165, 1.54) is 0 Å². The Kier molecular flexibility index (Phi) is 2.36. The normalized spacial score (nSPS) is 10.7. The van der Waals surface area contributed by atoms with Crippen molar-refractivity contribution in [3.63, 3.8) is 0 Å². The molecule has 2 heterocycles. The fourth-order valence-corrected chi connectivity index (χ4v) is 1.72. The molecular formula is C7H2BrCl2N3. The third-order valence-electron chi connectivity index (χ3n) is 1.47. The molecule has 66 valence electrons. The molecule has 0 saturated carbocycles. The number of hydrogen-bond acceptors (Lipinski definition) is 3. The van der Waals surface area contributed by atoms with Crippen molar-refractivity contribution in [3.8, 4) is 0 Å². The first-order valence-corrected chi connectivity index (χ1v) is 4.86. The van der Waals surface area contributed by atoms with Crippen LogP contribution in [0.3, 0.4) is 0 Å². The zero-order valence-corrected chi connectivity index (χ0v) is 9.23. The molecule has 0 N–H and O–H groups in total. The molecule has 0 aliphatic carbocycles. The van der Waals surface area contributed by atoms with Crippen molar-refractivity contribution >= 4 is 50.0 Å². The molecule has 3 nitrogen and oxygen atoms in total. The van der Waals surface area contributed by atoms with Crippen LogP contribution in [0.4, 0.5) is 0 Å². The van der Waals surface area contributed by atoms with Gasteiger partial charge in [-0.1, -0.05) is 11.6 Å². The van der Waals surface area contributed by atoms with E-state index >= 15 is 0 Å². The fourth-order valence-electron chi connectivity index (χ4n) is 0.943. The van der Waals surface area contributed by atoms with Crippen LogP contribution in [0.5, 0.6) is 0 Å². The number of aromatic nitrogens is 3. The highest BCUT2D eigenvalue weighted by molar-refractivity contribution is 9.10. The van der Waals surface area contributed by atoms with Crippen LogP contribution < -0.4 is 0 Å². The molecule has 13 heavy (non-hydrogen) atoms. The molecule has 0 fully saturated rings. The van der Waals surface area contributed by atoms with Crippen LogP contribution in [0, 0.1) is 0 Å². The second-order valence-electron chi connectivity index (χ2n) is 2.31. The van der Waals surface area contributed by atoms with Gasteiger partial charge in [-0.3, -0.25) is 0 Å². The summed E-state index contributed by atoms with van der Waals surface area (Å²) in [5.74, 6) is 0. The van der Waals surface area contributed by atoms with Crippen LogP contribution >= 0.6 is 39.1 Å². The third kappa shape index (κ3) is 1.75. The molecule has 0 atom stereocenters. The molecule has 0 bridgehead atoms. The lowest BCUT2D eigenvalue weighted by molar-refractivity contribution is 1.19. The molecule has 0 aromatic carbocycles. The highest BCUT2D eigenvalue weighted by Crippen LogP contribution is 2.23. The van der Waals surface area contributed by atoms with E-state index in [0.29, 0.717) is 15.3 Å². The van der Waals surface area contributed by atoms with Gasteiger partial charge in [0.05, 0.1) is 11.7 Å². The van der Waals surface area contributed by atoms with E-state index in [2.05, 4.69) is 30.9 Å². The molecule has 0 radical (unpaired) electrons. The van der Waals surface area contributed by atoms with E-state index in [0.717, 1.165) is 5.39 Å². The highest BCUT2D eigenvalue weighted by atomic mass is 79.9. The largest absolute Gasteiger partial charge is 0.247 e. The number of rotatable bonds is 0. The molecule has 0 saturated heterocycles. The van der Waals surface area contributed by atoms with Gasteiger partial charge in [0.2, 0.25) is 5.28 Å². The summed E-state index contributed by atoms with van der Waals surface area (Å²) < 4.78 is 0.688. The minimum absolute atomic E-state index is 0.127. The molecule has 2 aromatic heterocycles. The molecule has 0 aliphatic rings. The SMILES string of the molecule is Clc1nc(Cl)c2cc(Br)ncc2n1. The Morgan fingerprint density at radius 3 is 2.77 bits per heavy atom. The molecule has 0 unspecified atom stereocenters. The van der Waals surface area contributed by atoms with Gasteiger partial charge in [-0.25, -0.2) is 15.0 Å². The Hall–Kier alpha value is -0.450. The maximum absolute atomic E-state index is 5.85. The summed E-state index contributed by atoms with van der Waals surface area (Å²) in [5, 5.41) is 1.19. The van der Waals surface area contributed by atoms with Gasteiger partial charge in [-0.05, 0) is 33.6 Å². The van der Waals surface area contributed by atoms with Gasteiger partial charge in [0, 0.05) is 5.39 Å². The highest BCUT2D eigenvalue weighted by Gasteiger charge is 2.04. The van der Waals surface area contributed by atoms with Crippen LogP contribution in [0.25, 0.3) is 10.9 Å². The maximum atomic E-state index is 5.85. The average molecular weight is 279 g/mol. The van der Waals surface area contributed by atoms with Crippen molar-refractivity contribution in [2.45, 2.75) is 0 Å². The van der Waals surface area contributed by atoms with Crippen molar-refractivity contribution in [1.82, 2.24) is 15.0 Å². The van der Waals surface area contributed by atoms with Crippen LogP contribution in [0.1, 0.15) is 0 Å². The summed E-state index contributed by atoms with van der Waals surface area (Å²) in [4.78, 5) is 11.8. The monoisotopic (exact) mass is 277 g/mol. The Balaban J connectivity index is 2.87. The lowest BCUT2D eigenvalue weighted by Crippen LogP contribution is -1.88. The molecular weight excluding hydrogens is 277 g/mol. The molecule has 0 amide bonds. The zero-order chi connectivity index (χ0) is 9.42. The molecule has 2 rings (SSSR count). The van der Waals surface area contributed by atoms with E-state index in [9.17, 15) is 0 Å². The third-order valence-corrected chi connectivity index (χ3v) is 2.37. The van der Waals surface area contributed by atoms with Gasteiger partial charge < -0.3 is 0 Å². The number of halogens is 3. The second-order valence-corrected chi connectivity index (χ2v) is 3.82. The van der Waals surface area contributed by atoms with Gasteiger partial charge in [0.25, 0.3) is 0 Å². The first-order chi connectivity index (χ1) is 6.16. The van der Waals surface area contributed by atoms with Crippen molar-refractivity contribution in [2.24, 2.45) is 0 Å². The van der Waals surface area contributed by atoms with Crippen molar-refractivity contribution in [1.29, 1.82) is 0 Å². The lowest BCUT2D eigenvalue weighted by Gasteiger charge is -1.99. The lowest BCUT2D eigenvalue weighted by atomic mass is 10.3. The minimum Gasteiger partial charge on any atom is -0.247 e. The molecule has 0 aliphatic heterocycles. The van der Waals surface area contributed by atoms with Crippen LogP contribution in [0.2, 0.25) is 10.4 Å². The zero-order valence-electron chi connectivity index (χ0n) is 6.13. The fraction of sp³-hybridized carbons (Fsp3) is 0. The van der Waals surface area contributed by atoms with E-state index in [4.69, 9.17) is 23.2 Å². The summed E-state index contributed by atoms with van der Waals surface area (Å²) in [5.41, 5.74) is 0.633. The summed E-state index contributed by atoms with van der Waals surface area (Å²) >= 11 is 14.7. The summed E-state index contributed by atoms with van der Waals surface area (Å²) in [6, 6.07) is 1.74. The summed E-state index contributed by atoms with van der Waals surface area (Å²) in [7, 11) is 0. The first-order valence-electron chi connectivity index (χ1n) is 3.31. The minimum atomic E-state index is 0.127. The quantitative estimate of drug-likeness (QED) is 0.422. The van der Waals surface area contributed by atoms with E-state index < -0.39 is 0 Å². The predicted octanol–water partition coefficient (Wildman–Crippen LogP) is 3.09. The molecule has 0 spiro atoms. The second kappa shape index (κ2) is 3.36. The maximum Gasteiger partial charge on any atom is 0.224 e. The number of fused-ring (bicyclic) bond motifs is 1. The Bertz CT molecular complexity index is 474. The van der Waals surface area contributed by atoms with Gasteiger partial charge in [0.15, 0.2) is 0 Å². The Morgan fingerprint density at radius 1 is 1.23 bits per heavy atom. The smallest absolute Gasteiger partial charge is 0.224 e. The first kappa shape index (κ1) is 9.12. The summed E-state index contributed by atoms with van der Waals surface area (Å²) in [6.45, 7) is 0. The van der Waals surface area contributed by atoms with Crippen molar-refractivity contribution < 1.29 is 0 Å². The van der Waals surface area contributed by atoms with Crippen LogP contribution in [-0.2, 0) is 0 Å². The number of nitrogens with zero attached hydrogens (tertiary/aromatic N) is 3. The van der Waals surface area contributed by atoms with Gasteiger partial charge in [0.1, 0.15) is 9.76 Å². The average Bonchev–Trinajstić information content (AvgIpc) is 2.06. The van der Waals surface area contributed by atoms with E-state index in [-0.39, 0.29) is 5.28 Å². The van der Waals surface area contributed by atoms with Crippen molar-refractivity contribution in [2.75, 3.05) is 0 Å². The van der Waals surface area contributed by atoms with E-state index in [1.807, 2.05) is 0 Å². The van der Waals surface area contributed by atoms with Gasteiger partial charge >= 0.3 is 0 Å². The topological polar surface area (TPSA) is 38.7 Å². The summed E-state index contributed by atoms with van der Waals surface area (Å²) in [6.07, 6.45) is 1.58. The molecule has 2 aromatic rings. The number of hydrogen-bond donors (Lipinski definition) is 0.